The molecule has 1 atom stereocenters. The van der Waals surface area contributed by atoms with Gasteiger partial charge in [0.2, 0.25) is 0 Å². The number of hydrogen-bond donors (Lipinski definition) is 1. The van der Waals surface area contributed by atoms with Gasteiger partial charge in [-0.1, -0.05) is 5.92 Å². The van der Waals surface area contributed by atoms with E-state index in [1.807, 2.05) is 0 Å². The number of piperazine rings is 1. The Hall–Kier alpha value is -0.560. The van der Waals surface area contributed by atoms with Crippen LogP contribution in [0.25, 0.3) is 0 Å². The fraction of sp³-hybridized carbons (Fsp3) is 0.818. The van der Waals surface area contributed by atoms with E-state index in [0.29, 0.717) is 12.6 Å². The van der Waals surface area contributed by atoms with E-state index in [1.165, 1.54) is 26.2 Å². The van der Waals surface area contributed by atoms with E-state index in [-0.39, 0.29) is 0 Å². The molecule has 0 aromatic heterocycles. The lowest BCUT2D eigenvalue weighted by atomic mass is 10.2. The molecular formula is C11H21N3. The van der Waals surface area contributed by atoms with Gasteiger partial charge in [0.1, 0.15) is 0 Å². The number of terminal acetylenes is 1. The fourth-order valence-corrected chi connectivity index (χ4v) is 1.75. The average Bonchev–Trinajstić information content (AvgIpc) is 2.19. The second-order valence-electron chi connectivity index (χ2n) is 4.02. The first-order valence-electron chi connectivity index (χ1n) is 5.31. The summed E-state index contributed by atoms with van der Waals surface area (Å²) in [6.07, 6.45) is 5.18. The highest BCUT2D eigenvalue weighted by Gasteiger charge is 2.18. The van der Waals surface area contributed by atoms with Crippen molar-refractivity contribution in [2.24, 2.45) is 0 Å². The van der Waals surface area contributed by atoms with Gasteiger partial charge in [0.25, 0.3) is 0 Å². The van der Waals surface area contributed by atoms with Crippen LogP contribution in [0.2, 0.25) is 0 Å². The van der Waals surface area contributed by atoms with Gasteiger partial charge in [-0.05, 0) is 14.0 Å². The summed E-state index contributed by atoms with van der Waals surface area (Å²) in [5, 5.41) is 3.25. The summed E-state index contributed by atoms with van der Waals surface area (Å²) in [7, 11) is 2.18. The third kappa shape index (κ3) is 3.67. The summed E-state index contributed by atoms with van der Waals surface area (Å²) in [6.45, 7) is 8.64. The van der Waals surface area contributed by atoms with E-state index in [9.17, 15) is 0 Å². The largest absolute Gasteiger partial charge is 0.305 e. The molecule has 1 aliphatic heterocycles. The molecule has 0 aliphatic carbocycles. The standard InChI is InChI=1S/C11H21N3/c1-4-5-12-10-11(2)14-8-6-13(3)7-9-14/h1,11-12H,5-10H2,2-3H3. The Morgan fingerprint density at radius 1 is 1.36 bits per heavy atom. The smallest absolute Gasteiger partial charge is 0.0574 e. The molecule has 1 heterocycles. The second kappa shape index (κ2) is 6.02. The Morgan fingerprint density at radius 2 is 2.00 bits per heavy atom. The number of likely N-dealkylation sites (N-methyl/N-ethyl adjacent to an activating group) is 1. The predicted octanol–water partition coefficient (Wildman–Crippen LogP) is -0.155. The molecule has 0 aromatic carbocycles. The summed E-state index contributed by atoms with van der Waals surface area (Å²) in [5.74, 6) is 2.60. The summed E-state index contributed by atoms with van der Waals surface area (Å²) >= 11 is 0. The van der Waals surface area contributed by atoms with Crippen molar-refractivity contribution in [3.05, 3.63) is 0 Å². The molecule has 0 aromatic rings. The van der Waals surface area contributed by atoms with Gasteiger partial charge in [0, 0.05) is 38.8 Å². The fourth-order valence-electron chi connectivity index (χ4n) is 1.75. The van der Waals surface area contributed by atoms with Crippen LogP contribution >= 0.6 is 0 Å². The topological polar surface area (TPSA) is 18.5 Å². The normalized spacial score (nSPS) is 21.8. The average molecular weight is 195 g/mol. The maximum Gasteiger partial charge on any atom is 0.0574 e. The van der Waals surface area contributed by atoms with Crippen LogP contribution in [0.4, 0.5) is 0 Å². The van der Waals surface area contributed by atoms with Gasteiger partial charge in [-0.3, -0.25) is 4.90 Å². The Balaban J connectivity index is 2.17. The van der Waals surface area contributed by atoms with E-state index in [1.54, 1.807) is 0 Å². The highest BCUT2D eigenvalue weighted by atomic mass is 15.3. The minimum Gasteiger partial charge on any atom is -0.305 e. The van der Waals surface area contributed by atoms with Crippen molar-refractivity contribution in [3.63, 3.8) is 0 Å². The predicted molar refractivity (Wildman–Crippen MR) is 60.2 cm³/mol. The van der Waals surface area contributed by atoms with E-state index >= 15 is 0 Å². The first kappa shape index (κ1) is 11.5. The van der Waals surface area contributed by atoms with Gasteiger partial charge in [-0.2, -0.15) is 0 Å². The van der Waals surface area contributed by atoms with Crippen molar-refractivity contribution in [2.75, 3.05) is 46.3 Å². The van der Waals surface area contributed by atoms with Crippen molar-refractivity contribution in [1.29, 1.82) is 0 Å². The molecule has 1 saturated heterocycles. The van der Waals surface area contributed by atoms with Crippen molar-refractivity contribution >= 4 is 0 Å². The highest BCUT2D eigenvalue weighted by molar-refractivity contribution is 4.87. The molecule has 1 fully saturated rings. The van der Waals surface area contributed by atoms with Crippen LogP contribution in [0, 0.1) is 12.3 Å². The van der Waals surface area contributed by atoms with Gasteiger partial charge in [0.05, 0.1) is 6.54 Å². The summed E-state index contributed by atoms with van der Waals surface area (Å²) in [6, 6.07) is 0.594. The lowest BCUT2D eigenvalue weighted by Gasteiger charge is -2.36. The Bertz CT molecular complexity index is 189. The third-order valence-electron chi connectivity index (χ3n) is 2.83. The van der Waals surface area contributed by atoms with Gasteiger partial charge < -0.3 is 10.2 Å². The highest BCUT2D eigenvalue weighted by Crippen LogP contribution is 2.03. The van der Waals surface area contributed by atoms with Crippen molar-refractivity contribution in [1.82, 2.24) is 15.1 Å². The molecule has 3 heteroatoms. The molecule has 14 heavy (non-hydrogen) atoms. The van der Waals surface area contributed by atoms with E-state index in [4.69, 9.17) is 6.42 Å². The Morgan fingerprint density at radius 3 is 2.57 bits per heavy atom. The van der Waals surface area contributed by atoms with Gasteiger partial charge in [-0.25, -0.2) is 0 Å². The molecule has 3 nitrogen and oxygen atoms in total. The molecule has 0 saturated carbocycles. The number of hydrogen-bond acceptors (Lipinski definition) is 3. The molecule has 0 amide bonds. The second-order valence-corrected chi connectivity index (χ2v) is 4.02. The molecule has 1 N–H and O–H groups in total. The maximum absolute atomic E-state index is 5.18. The van der Waals surface area contributed by atoms with E-state index < -0.39 is 0 Å². The van der Waals surface area contributed by atoms with Crippen LogP contribution in [-0.2, 0) is 0 Å². The van der Waals surface area contributed by atoms with E-state index in [2.05, 4.69) is 35.0 Å². The zero-order valence-electron chi connectivity index (χ0n) is 9.29. The number of rotatable bonds is 4. The Kier molecular flexibility index (Phi) is 4.95. The summed E-state index contributed by atoms with van der Waals surface area (Å²) < 4.78 is 0. The maximum atomic E-state index is 5.18. The minimum atomic E-state index is 0.594. The van der Waals surface area contributed by atoms with Crippen LogP contribution < -0.4 is 5.32 Å². The van der Waals surface area contributed by atoms with Gasteiger partial charge in [0.15, 0.2) is 0 Å². The quantitative estimate of drug-likeness (QED) is 0.497. The summed E-state index contributed by atoms with van der Waals surface area (Å²) in [5.41, 5.74) is 0. The van der Waals surface area contributed by atoms with Crippen LogP contribution in [0.3, 0.4) is 0 Å². The summed E-state index contributed by atoms with van der Waals surface area (Å²) in [4.78, 5) is 4.89. The van der Waals surface area contributed by atoms with Crippen molar-refractivity contribution in [3.8, 4) is 12.3 Å². The van der Waals surface area contributed by atoms with Crippen LogP contribution in [0.15, 0.2) is 0 Å². The molecule has 0 bridgehead atoms. The number of nitrogens with one attached hydrogen (secondary N) is 1. The molecule has 0 spiro atoms. The number of nitrogens with zero attached hydrogens (tertiary/aromatic N) is 2. The first-order chi connectivity index (χ1) is 6.74. The van der Waals surface area contributed by atoms with Crippen molar-refractivity contribution < 1.29 is 0 Å². The molecule has 1 rings (SSSR count). The molecule has 80 valence electrons. The molecule has 1 aliphatic rings. The van der Waals surface area contributed by atoms with E-state index in [0.717, 1.165) is 6.54 Å². The first-order valence-corrected chi connectivity index (χ1v) is 5.31. The van der Waals surface area contributed by atoms with Crippen LogP contribution in [0.5, 0.6) is 0 Å². The Labute approximate surface area is 87.5 Å². The molecule has 0 radical (unpaired) electrons. The molecular weight excluding hydrogens is 174 g/mol. The zero-order chi connectivity index (χ0) is 10.4. The van der Waals surface area contributed by atoms with Crippen LogP contribution in [0.1, 0.15) is 6.92 Å². The van der Waals surface area contributed by atoms with Crippen LogP contribution in [-0.4, -0.2) is 62.2 Å². The van der Waals surface area contributed by atoms with Gasteiger partial charge in [-0.15, -0.1) is 6.42 Å². The lowest BCUT2D eigenvalue weighted by molar-refractivity contribution is 0.118. The zero-order valence-corrected chi connectivity index (χ0v) is 9.29. The van der Waals surface area contributed by atoms with Gasteiger partial charge >= 0.3 is 0 Å². The third-order valence-corrected chi connectivity index (χ3v) is 2.83. The molecule has 1 unspecified atom stereocenters. The van der Waals surface area contributed by atoms with Crippen molar-refractivity contribution in [2.45, 2.75) is 13.0 Å². The SMILES string of the molecule is C#CCNCC(C)N1CCN(C)CC1. The lowest BCUT2D eigenvalue weighted by Crippen LogP contribution is -2.50. The minimum absolute atomic E-state index is 0.594. The monoisotopic (exact) mass is 195 g/mol.